The van der Waals surface area contributed by atoms with E-state index < -0.39 is 0 Å². The second kappa shape index (κ2) is 14.7. The minimum absolute atomic E-state index is 0.0462. The molecule has 0 radical (unpaired) electrons. The molecule has 0 bridgehead atoms. The SMILES string of the molecule is N=C(N)NCCCCCCCCNC(=N)NCCOc1ccc2cc(C3=NCCCN3)ccc2c1. The normalized spacial score (nSPS) is 13.0. The topological polar surface area (TPSA) is 143 Å². The van der Waals surface area contributed by atoms with E-state index in [1.807, 2.05) is 6.07 Å². The van der Waals surface area contributed by atoms with Gasteiger partial charge in [-0.1, -0.05) is 43.9 Å². The maximum atomic E-state index is 7.98. The van der Waals surface area contributed by atoms with Crippen molar-refractivity contribution in [1.29, 1.82) is 10.8 Å². The van der Waals surface area contributed by atoms with Gasteiger partial charge in [0.05, 0.1) is 6.54 Å². The van der Waals surface area contributed by atoms with Crippen molar-refractivity contribution in [3.63, 3.8) is 0 Å². The number of aliphatic imine (C=N–C) groups is 1. The summed E-state index contributed by atoms with van der Waals surface area (Å²) >= 11 is 0. The lowest BCUT2D eigenvalue weighted by atomic mass is 10.1. The van der Waals surface area contributed by atoms with Crippen molar-refractivity contribution in [2.24, 2.45) is 10.7 Å². The average Bonchev–Trinajstić information content (AvgIpc) is 2.87. The highest BCUT2D eigenvalue weighted by atomic mass is 16.5. The van der Waals surface area contributed by atoms with Gasteiger partial charge in [-0.15, -0.1) is 0 Å². The van der Waals surface area contributed by atoms with E-state index in [9.17, 15) is 0 Å². The molecule has 0 aliphatic carbocycles. The van der Waals surface area contributed by atoms with Crippen LogP contribution in [0.15, 0.2) is 41.4 Å². The summed E-state index contributed by atoms with van der Waals surface area (Å²) in [5.41, 5.74) is 6.38. The average molecular weight is 481 g/mol. The van der Waals surface area contributed by atoms with E-state index in [0.29, 0.717) is 19.1 Å². The van der Waals surface area contributed by atoms with Gasteiger partial charge in [-0.25, -0.2) is 0 Å². The fourth-order valence-electron chi connectivity index (χ4n) is 3.99. The maximum absolute atomic E-state index is 7.98. The molecule has 0 spiro atoms. The fourth-order valence-corrected chi connectivity index (χ4v) is 3.99. The highest BCUT2D eigenvalue weighted by Crippen LogP contribution is 2.22. The molecule has 1 aliphatic rings. The van der Waals surface area contributed by atoms with Crippen molar-refractivity contribution < 1.29 is 4.74 Å². The van der Waals surface area contributed by atoms with Crippen molar-refractivity contribution in [3.05, 3.63) is 42.0 Å². The minimum Gasteiger partial charge on any atom is -0.492 e. The summed E-state index contributed by atoms with van der Waals surface area (Å²) in [7, 11) is 0. The van der Waals surface area contributed by atoms with Crippen LogP contribution in [0.3, 0.4) is 0 Å². The lowest BCUT2D eigenvalue weighted by Gasteiger charge is -2.15. The van der Waals surface area contributed by atoms with Crippen LogP contribution in [-0.4, -0.2) is 57.1 Å². The molecule has 1 heterocycles. The van der Waals surface area contributed by atoms with Gasteiger partial charge in [0.15, 0.2) is 11.9 Å². The number of rotatable bonds is 14. The van der Waals surface area contributed by atoms with Gasteiger partial charge in [-0.3, -0.25) is 15.8 Å². The van der Waals surface area contributed by atoms with Crippen LogP contribution >= 0.6 is 0 Å². The Morgan fingerprint density at radius 3 is 2.31 bits per heavy atom. The van der Waals surface area contributed by atoms with Crippen LogP contribution in [0.1, 0.15) is 50.5 Å². The molecule has 0 saturated carbocycles. The molecule has 35 heavy (non-hydrogen) atoms. The number of guanidine groups is 2. The number of benzene rings is 2. The highest BCUT2D eigenvalue weighted by molar-refractivity contribution is 6.02. The van der Waals surface area contributed by atoms with Crippen LogP contribution in [0.5, 0.6) is 5.75 Å². The zero-order valence-electron chi connectivity index (χ0n) is 20.6. The summed E-state index contributed by atoms with van der Waals surface area (Å²) < 4.78 is 5.88. The molecule has 3 rings (SSSR count). The Kier molecular flexibility index (Phi) is 11.0. The molecule has 1 aliphatic heterocycles. The molecule has 2 aromatic rings. The van der Waals surface area contributed by atoms with Crippen molar-refractivity contribution in [1.82, 2.24) is 21.3 Å². The Morgan fingerprint density at radius 2 is 1.57 bits per heavy atom. The third-order valence-corrected chi connectivity index (χ3v) is 5.88. The highest BCUT2D eigenvalue weighted by Gasteiger charge is 2.08. The number of nitrogens with two attached hydrogens (primary N) is 1. The first-order chi connectivity index (χ1) is 17.1. The molecule has 190 valence electrons. The number of fused-ring (bicyclic) bond motifs is 1. The van der Waals surface area contributed by atoms with Crippen LogP contribution in [0.2, 0.25) is 0 Å². The lowest BCUT2D eigenvalue weighted by molar-refractivity contribution is 0.322. The van der Waals surface area contributed by atoms with Gasteiger partial charge in [-0.2, -0.15) is 0 Å². The summed E-state index contributed by atoms with van der Waals surface area (Å²) in [4.78, 5) is 4.58. The van der Waals surface area contributed by atoms with Crippen LogP contribution in [0, 0.1) is 10.8 Å². The second-order valence-corrected chi connectivity index (χ2v) is 8.77. The number of unbranched alkanes of at least 4 members (excludes halogenated alkanes) is 5. The van der Waals surface area contributed by atoms with Crippen LogP contribution < -0.4 is 31.7 Å². The van der Waals surface area contributed by atoms with Gasteiger partial charge < -0.3 is 31.7 Å². The Balaban J connectivity index is 1.24. The molecule has 0 amide bonds. The standard InChI is InChI=1S/C26H40N8O/c27-25(28)32-12-5-3-1-2-4-6-13-33-26(29)34-16-17-35-23-11-10-20-18-22(9-8-21(20)19-23)24-30-14-7-15-31-24/h8-11,18-19H,1-7,12-17H2,(H,30,31)(H4,27,28,32)(H3,29,33,34). The van der Waals surface area contributed by atoms with Gasteiger partial charge in [-0.05, 0) is 48.2 Å². The minimum atomic E-state index is 0.0462. The zero-order chi connectivity index (χ0) is 24.7. The first-order valence-corrected chi connectivity index (χ1v) is 12.7. The molecular formula is C26H40N8O. The van der Waals surface area contributed by atoms with E-state index in [0.717, 1.165) is 80.8 Å². The van der Waals surface area contributed by atoms with Crippen LogP contribution in [0.25, 0.3) is 10.8 Å². The number of amidine groups is 1. The summed E-state index contributed by atoms with van der Waals surface area (Å²) in [6, 6.07) is 12.5. The number of hydrogen-bond acceptors (Lipinski definition) is 5. The smallest absolute Gasteiger partial charge is 0.188 e. The van der Waals surface area contributed by atoms with Gasteiger partial charge >= 0.3 is 0 Å². The molecular weight excluding hydrogens is 440 g/mol. The second-order valence-electron chi connectivity index (χ2n) is 8.77. The molecule has 9 heteroatoms. The summed E-state index contributed by atoms with van der Waals surface area (Å²) in [6.07, 6.45) is 7.86. The van der Waals surface area contributed by atoms with Gasteiger partial charge in [0.2, 0.25) is 0 Å². The molecule has 2 aromatic carbocycles. The molecule has 0 aromatic heterocycles. The maximum Gasteiger partial charge on any atom is 0.188 e. The first-order valence-electron chi connectivity index (χ1n) is 12.7. The Bertz CT molecular complexity index is 990. The van der Waals surface area contributed by atoms with Crippen molar-refractivity contribution in [2.75, 3.05) is 39.3 Å². The van der Waals surface area contributed by atoms with E-state index in [-0.39, 0.29) is 5.96 Å². The Hall–Kier alpha value is -3.49. The van der Waals surface area contributed by atoms with E-state index in [1.165, 1.54) is 18.2 Å². The monoisotopic (exact) mass is 480 g/mol. The molecule has 0 saturated heterocycles. The van der Waals surface area contributed by atoms with E-state index in [1.54, 1.807) is 0 Å². The summed E-state index contributed by atoms with van der Waals surface area (Å²) in [5.74, 6) is 2.20. The van der Waals surface area contributed by atoms with E-state index in [2.05, 4.69) is 56.6 Å². The van der Waals surface area contributed by atoms with Gasteiger partial charge in [0.25, 0.3) is 0 Å². The molecule has 0 unspecified atom stereocenters. The van der Waals surface area contributed by atoms with Crippen LogP contribution in [-0.2, 0) is 0 Å². The number of nitrogens with zero attached hydrogens (tertiary/aromatic N) is 1. The largest absolute Gasteiger partial charge is 0.492 e. The lowest BCUT2D eigenvalue weighted by Crippen LogP contribution is -2.38. The zero-order valence-corrected chi connectivity index (χ0v) is 20.6. The molecule has 0 fully saturated rings. The Labute approximate surface area is 208 Å². The van der Waals surface area contributed by atoms with Crippen molar-refractivity contribution in [2.45, 2.75) is 44.9 Å². The molecule has 8 N–H and O–H groups in total. The third kappa shape index (κ3) is 9.72. The Morgan fingerprint density at radius 1 is 0.886 bits per heavy atom. The van der Waals surface area contributed by atoms with Gasteiger partial charge in [0, 0.05) is 31.7 Å². The third-order valence-electron chi connectivity index (χ3n) is 5.88. The van der Waals surface area contributed by atoms with E-state index in [4.69, 9.17) is 21.3 Å². The number of ether oxygens (including phenoxy) is 1. The van der Waals surface area contributed by atoms with Crippen molar-refractivity contribution in [3.8, 4) is 5.75 Å². The van der Waals surface area contributed by atoms with Crippen LogP contribution in [0.4, 0.5) is 0 Å². The fraction of sp³-hybridized carbons (Fsp3) is 0.500. The predicted octanol–water partition coefficient (Wildman–Crippen LogP) is 2.90. The molecule has 9 nitrogen and oxygen atoms in total. The summed E-state index contributed by atoms with van der Waals surface area (Å²) in [6.45, 7) is 4.51. The van der Waals surface area contributed by atoms with Gasteiger partial charge in [0.1, 0.15) is 18.2 Å². The van der Waals surface area contributed by atoms with E-state index >= 15 is 0 Å². The summed E-state index contributed by atoms with van der Waals surface area (Å²) in [5, 5.41) is 29.8. The number of hydrogen-bond donors (Lipinski definition) is 7. The number of nitrogens with one attached hydrogen (secondary N) is 6. The quantitative estimate of drug-likeness (QED) is 0.126. The predicted molar refractivity (Wildman–Crippen MR) is 145 cm³/mol. The first kappa shape index (κ1) is 26.1. The van der Waals surface area contributed by atoms with Crippen molar-refractivity contribution >= 4 is 28.5 Å². The molecule has 0 atom stereocenters.